The van der Waals surface area contributed by atoms with E-state index in [9.17, 15) is 4.79 Å². The molecule has 2 aromatic rings. The summed E-state index contributed by atoms with van der Waals surface area (Å²) in [5.41, 5.74) is 1.46. The summed E-state index contributed by atoms with van der Waals surface area (Å²) in [5.74, 6) is -0.609. The molecule has 0 saturated carbocycles. The Balaban J connectivity index is 2.07. The van der Waals surface area contributed by atoms with E-state index in [1.807, 2.05) is 6.07 Å². The van der Waals surface area contributed by atoms with Crippen molar-refractivity contribution in [1.82, 2.24) is 10.2 Å². The minimum Gasteiger partial charge on any atom is -0.459 e. The zero-order valence-electron chi connectivity index (χ0n) is 10.7. The van der Waals surface area contributed by atoms with E-state index in [4.69, 9.17) is 14.4 Å². The van der Waals surface area contributed by atoms with Gasteiger partial charge in [-0.1, -0.05) is 12.1 Å². The first-order chi connectivity index (χ1) is 9.72. The minimum atomic E-state index is -0.641. The predicted molar refractivity (Wildman–Crippen MR) is 70.3 cm³/mol. The molecule has 0 fully saturated rings. The summed E-state index contributed by atoms with van der Waals surface area (Å²) in [6, 6.07) is 9.03. The van der Waals surface area contributed by atoms with Gasteiger partial charge in [-0.05, 0) is 30.7 Å². The lowest BCUT2D eigenvalue weighted by Crippen LogP contribution is -2.04. The van der Waals surface area contributed by atoms with Gasteiger partial charge in [-0.2, -0.15) is 5.26 Å². The highest BCUT2D eigenvalue weighted by molar-refractivity contribution is 5.84. The Morgan fingerprint density at radius 2 is 2.10 bits per heavy atom. The number of hydrogen-bond acceptors (Lipinski definition) is 6. The van der Waals surface area contributed by atoms with Crippen LogP contribution < -0.4 is 0 Å². The van der Waals surface area contributed by atoms with Gasteiger partial charge in [-0.3, -0.25) is 0 Å². The van der Waals surface area contributed by atoms with Gasteiger partial charge in [0.2, 0.25) is 5.89 Å². The highest BCUT2D eigenvalue weighted by Gasteiger charge is 2.14. The van der Waals surface area contributed by atoms with Crippen molar-refractivity contribution in [3.05, 3.63) is 47.2 Å². The molecule has 0 N–H and O–H groups in total. The quantitative estimate of drug-likeness (QED) is 0.791. The zero-order valence-corrected chi connectivity index (χ0v) is 10.7. The summed E-state index contributed by atoms with van der Waals surface area (Å²) in [6.45, 7) is 1.94. The van der Waals surface area contributed by atoms with Gasteiger partial charge in [-0.15, -0.1) is 10.2 Å². The predicted octanol–water partition coefficient (Wildman–Crippen LogP) is 2.29. The number of hydrogen-bond donors (Lipinski definition) is 0. The molecule has 1 aromatic carbocycles. The Morgan fingerprint density at radius 3 is 2.75 bits per heavy atom. The van der Waals surface area contributed by atoms with Gasteiger partial charge in [-0.25, -0.2) is 4.79 Å². The third-order valence-corrected chi connectivity index (χ3v) is 2.35. The molecule has 0 bridgehead atoms. The number of aromatic nitrogens is 2. The number of carbonyl (C=O) groups excluding carboxylic acids is 1. The highest BCUT2D eigenvalue weighted by Crippen LogP contribution is 2.09. The van der Waals surface area contributed by atoms with Crippen LogP contribution in [0, 0.1) is 11.3 Å². The van der Waals surface area contributed by atoms with Crippen LogP contribution in [0.4, 0.5) is 0 Å². The van der Waals surface area contributed by atoms with Crippen molar-refractivity contribution in [2.24, 2.45) is 0 Å². The van der Waals surface area contributed by atoms with Crippen LogP contribution in [-0.4, -0.2) is 22.8 Å². The molecule has 0 aliphatic carbocycles. The lowest BCUT2D eigenvalue weighted by molar-refractivity contribution is 0.0480. The zero-order chi connectivity index (χ0) is 14.4. The Kier molecular flexibility index (Phi) is 4.24. The van der Waals surface area contributed by atoms with E-state index < -0.39 is 5.97 Å². The normalized spacial score (nSPS) is 10.4. The smallest absolute Gasteiger partial charge is 0.396 e. The van der Waals surface area contributed by atoms with Crippen LogP contribution in [0.5, 0.6) is 0 Å². The van der Waals surface area contributed by atoms with Crippen LogP contribution in [0.2, 0.25) is 0 Å². The van der Waals surface area contributed by atoms with E-state index in [0.29, 0.717) is 5.56 Å². The third-order valence-electron chi connectivity index (χ3n) is 2.35. The van der Waals surface area contributed by atoms with Crippen molar-refractivity contribution in [2.45, 2.75) is 6.92 Å². The average molecular weight is 269 g/mol. The third kappa shape index (κ3) is 3.29. The van der Waals surface area contributed by atoms with Crippen molar-refractivity contribution in [3.8, 4) is 6.07 Å². The maximum atomic E-state index is 11.3. The van der Waals surface area contributed by atoms with Crippen molar-refractivity contribution in [2.75, 3.05) is 6.61 Å². The molecule has 6 nitrogen and oxygen atoms in total. The lowest BCUT2D eigenvalue weighted by Gasteiger charge is -1.94. The molecule has 2 rings (SSSR count). The number of nitrogens with zero attached hydrogens (tertiary/aromatic N) is 3. The van der Waals surface area contributed by atoms with Crippen molar-refractivity contribution >= 4 is 18.1 Å². The molecule has 0 unspecified atom stereocenters. The van der Waals surface area contributed by atoms with E-state index in [1.165, 1.54) is 0 Å². The Labute approximate surface area is 115 Å². The van der Waals surface area contributed by atoms with Gasteiger partial charge in [0.1, 0.15) is 0 Å². The number of nitriles is 1. The van der Waals surface area contributed by atoms with Gasteiger partial charge in [0.15, 0.2) is 0 Å². The van der Waals surface area contributed by atoms with Gasteiger partial charge in [0.25, 0.3) is 0 Å². The summed E-state index contributed by atoms with van der Waals surface area (Å²) in [5, 5.41) is 16.0. The molecule has 1 heterocycles. The topological polar surface area (TPSA) is 89.0 Å². The number of esters is 1. The molecule has 0 amide bonds. The number of ether oxygens (including phenoxy) is 1. The fourth-order valence-electron chi connectivity index (χ4n) is 1.41. The van der Waals surface area contributed by atoms with E-state index >= 15 is 0 Å². The van der Waals surface area contributed by atoms with E-state index in [0.717, 1.165) is 5.56 Å². The molecule has 0 spiro atoms. The highest BCUT2D eigenvalue weighted by atomic mass is 16.5. The van der Waals surface area contributed by atoms with Gasteiger partial charge in [0.05, 0.1) is 18.2 Å². The maximum Gasteiger partial charge on any atom is 0.396 e. The van der Waals surface area contributed by atoms with E-state index in [-0.39, 0.29) is 18.4 Å². The Bertz CT molecular complexity index is 666. The average Bonchev–Trinajstić information content (AvgIpc) is 2.95. The first kappa shape index (κ1) is 13.5. The molecule has 0 saturated heterocycles. The second-order valence-electron chi connectivity index (χ2n) is 3.73. The molecular formula is C14H11N3O3. The maximum absolute atomic E-state index is 11.3. The molecule has 0 aliphatic heterocycles. The Hall–Kier alpha value is -2.94. The van der Waals surface area contributed by atoms with Crippen LogP contribution in [0.15, 0.2) is 28.7 Å². The van der Waals surface area contributed by atoms with Crippen molar-refractivity contribution in [3.63, 3.8) is 0 Å². The van der Waals surface area contributed by atoms with Crippen LogP contribution in [0.25, 0.3) is 12.2 Å². The van der Waals surface area contributed by atoms with E-state index in [2.05, 4.69) is 10.2 Å². The molecule has 100 valence electrons. The van der Waals surface area contributed by atoms with Gasteiger partial charge in [0, 0.05) is 6.08 Å². The van der Waals surface area contributed by atoms with Crippen LogP contribution in [0.1, 0.15) is 34.6 Å². The molecule has 6 heteroatoms. The second kappa shape index (κ2) is 6.29. The number of benzene rings is 1. The molecule has 0 aliphatic rings. The van der Waals surface area contributed by atoms with Crippen molar-refractivity contribution < 1.29 is 13.9 Å². The van der Waals surface area contributed by atoms with Crippen molar-refractivity contribution in [1.29, 1.82) is 5.26 Å². The van der Waals surface area contributed by atoms with Crippen LogP contribution in [0.3, 0.4) is 0 Å². The largest absolute Gasteiger partial charge is 0.459 e. The molecule has 0 atom stereocenters. The molecule has 1 aromatic heterocycles. The van der Waals surface area contributed by atoms with E-state index in [1.54, 1.807) is 43.3 Å². The summed E-state index contributed by atoms with van der Waals surface area (Å²) < 4.78 is 9.87. The first-order valence-electron chi connectivity index (χ1n) is 5.92. The lowest BCUT2D eigenvalue weighted by atomic mass is 10.1. The second-order valence-corrected chi connectivity index (χ2v) is 3.73. The monoisotopic (exact) mass is 269 g/mol. The standard InChI is InChI=1S/C14H11N3O3/c1-2-19-14(18)13-17-16-12(20-13)8-7-10-3-5-11(9-15)6-4-10/h3-8H,2H2,1H3/b8-7+. The summed E-state index contributed by atoms with van der Waals surface area (Å²) in [7, 11) is 0. The van der Waals surface area contributed by atoms with Crippen LogP contribution >= 0.6 is 0 Å². The fraction of sp³-hybridized carbons (Fsp3) is 0.143. The SMILES string of the molecule is CCOC(=O)c1nnc(/C=C/c2ccc(C#N)cc2)o1. The minimum absolute atomic E-state index is 0.175. The molecule has 0 radical (unpaired) electrons. The molecular weight excluding hydrogens is 258 g/mol. The van der Waals surface area contributed by atoms with Crippen LogP contribution in [-0.2, 0) is 4.74 Å². The summed E-state index contributed by atoms with van der Waals surface area (Å²) >= 11 is 0. The Morgan fingerprint density at radius 1 is 1.35 bits per heavy atom. The van der Waals surface area contributed by atoms with Gasteiger partial charge >= 0.3 is 11.9 Å². The fourth-order valence-corrected chi connectivity index (χ4v) is 1.41. The molecule has 20 heavy (non-hydrogen) atoms. The number of carbonyl (C=O) groups is 1. The summed E-state index contributed by atoms with van der Waals surface area (Å²) in [4.78, 5) is 11.3. The number of rotatable bonds is 4. The van der Waals surface area contributed by atoms with Gasteiger partial charge < -0.3 is 9.15 Å². The first-order valence-corrected chi connectivity index (χ1v) is 5.92. The summed E-state index contributed by atoms with van der Waals surface area (Å²) in [6.07, 6.45) is 3.32.